The molecule has 1 atom stereocenters. The van der Waals surface area contributed by atoms with E-state index in [-0.39, 0.29) is 6.04 Å². The highest BCUT2D eigenvalue weighted by Crippen LogP contribution is 2.29. The molecule has 0 spiro atoms. The number of hydrogen-bond donors (Lipinski definition) is 1. The van der Waals surface area contributed by atoms with Crippen molar-refractivity contribution in [3.05, 3.63) is 15.8 Å². The first-order valence-corrected chi connectivity index (χ1v) is 8.45. The van der Waals surface area contributed by atoms with E-state index >= 15 is 0 Å². The second-order valence-electron chi connectivity index (χ2n) is 4.77. The molecule has 0 bridgehead atoms. The minimum atomic E-state index is -3.31. The van der Waals surface area contributed by atoms with Crippen molar-refractivity contribution in [2.45, 2.75) is 37.6 Å². The Morgan fingerprint density at radius 1 is 1.44 bits per heavy atom. The number of thiophene rings is 1. The van der Waals surface area contributed by atoms with E-state index < -0.39 is 10.0 Å². The van der Waals surface area contributed by atoms with Crippen molar-refractivity contribution >= 4 is 21.4 Å². The van der Waals surface area contributed by atoms with E-state index in [1.165, 1.54) is 0 Å². The van der Waals surface area contributed by atoms with Crippen LogP contribution in [0.4, 0.5) is 0 Å². The molecular weight excluding hydrogens is 268 g/mol. The van der Waals surface area contributed by atoms with Crippen molar-refractivity contribution in [1.29, 1.82) is 0 Å². The number of hydrogen-bond acceptors (Lipinski definition) is 4. The van der Waals surface area contributed by atoms with Crippen molar-refractivity contribution in [3.63, 3.8) is 0 Å². The summed E-state index contributed by atoms with van der Waals surface area (Å²) in [5, 5.41) is 3.17. The summed E-state index contributed by atoms with van der Waals surface area (Å²) in [6.07, 6.45) is 1.97. The largest absolute Gasteiger partial charge is 0.316 e. The second-order valence-corrected chi connectivity index (χ2v) is 8.14. The summed E-state index contributed by atoms with van der Waals surface area (Å²) < 4.78 is 26.8. The second kappa shape index (κ2) is 5.28. The molecule has 2 heterocycles. The number of likely N-dealkylation sites (N-methyl/N-ethyl adjacent to an activating group) is 1. The van der Waals surface area contributed by atoms with Gasteiger partial charge in [-0.2, -0.15) is 4.31 Å². The number of rotatable bonds is 3. The highest BCUT2D eigenvalue weighted by atomic mass is 32.2. The summed E-state index contributed by atoms with van der Waals surface area (Å²) in [6, 6.07) is 2.06. The SMILES string of the molecule is CN[C@@H]1CCCN(S(=O)(=O)c2cc(C)sc2C)C1. The quantitative estimate of drug-likeness (QED) is 0.921. The molecule has 0 unspecified atom stereocenters. The van der Waals surface area contributed by atoms with Crippen LogP contribution in [0, 0.1) is 13.8 Å². The smallest absolute Gasteiger partial charge is 0.244 e. The predicted molar refractivity (Wildman–Crippen MR) is 74.6 cm³/mol. The van der Waals surface area contributed by atoms with Gasteiger partial charge in [0.15, 0.2) is 0 Å². The zero-order valence-corrected chi connectivity index (χ0v) is 12.7. The van der Waals surface area contributed by atoms with Crippen molar-refractivity contribution in [2.75, 3.05) is 20.1 Å². The Kier molecular flexibility index (Phi) is 4.11. The van der Waals surface area contributed by atoms with Gasteiger partial charge in [-0.1, -0.05) is 0 Å². The van der Waals surface area contributed by atoms with Gasteiger partial charge in [0.2, 0.25) is 10.0 Å². The van der Waals surface area contributed by atoms with Crippen LogP contribution in [-0.4, -0.2) is 38.9 Å². The first-order valence-electron chi connectivity index (χ1n) is 6.19. The van der Waals surface area contributed by atoms with E-state index in [2.05, 4.69) is 5.32 Å². The highest BCUT2D eigenvalue weighted by Gasteiger charge is 2.31. The third-order valence-electron chi connectivity index (χ3n) is 3.41. The third kappa shape index (κ3) is 2.61. The molecule has 102 valence electrons. The van der Waals surface area contributed by atoms with Gasteiger partial charge in [0.1, 0.15) is 0 Å². The highest BCUT2D eigenvalue weighted by molar-refractivity contribution is 7.89. The zero-order valence-electron chi connectivity index (χ0n) is 11.1. The summed E-state index contributed by atoms with van der Waals surface area (Å²) in [5.41, 5.74) is 0. The van der Waals surface area contributed by atoms with Gasteiger partial charge in [0.25, 0.3) is 0 Å². The fourth-order valence-corrected chi connectivity index (χ4v) is 5.45. The van der Waals surface area contributed by atoms with E-state index in [1.54, 1.807) is 21.7 Å². The van der Waals surface area contributed by atoms with Crippen molar-refractivity contribution < 1.29 is 8.42 Å². The minimum absolute atomic E-state index is 0.272. The Bertz CT molecular complexity index is 522. The minimum Gasteiger partial charge on any atom is -0.316 e. The van der Waals surface area contributed by atoms with Gasteiger partial charge >= 0.3 is 0 Å². The Hall–Kier alpha value is -0.430. The molecule has 1 saturated heterocycles. The first kappa shape index (κ1) is 14.0. The molecular formula is C12H20N2O2S2. The van der Waals surface area contributed by atoms with E-state index in [9.17, 15) is 8.42 Å². The lowest BCUT2D eigenvalue weighted by atomic mass is 10.1. The van der Waals surface area contributed by atoms with Crippen LogP contribution in [0.25, 0.3) is 0 Å². The normalized spacial score (nSPS) is 22.3. The van der Waals surface area contributed by atoms with Crippen LogP contribution in [0.1, 0.15) is 22.6 Å². The van der Waals surface area contributed by atoms with Gasteiger partial charge in [-0.05, 0) is 39.8 Å². The monoisotopic (exact) mass is 288 g/mol. The van der Waals surface area contributed by atoms with Gasteiger partial charge in [-0.15, -0.1) is 11.3 Å². The van der Waals surface area contributed by atoms with Gasteiger partial charge in [-0.3, -0.25) is 0 Å². The number of sulfonamides is 1. The summed E-state index contributed by atoms with van der Waals surface area (Å²) in [5.74, 6) is 0. The molecule has 0 aromatic carbocycles. The summed E-state index contributed by atoms with van der Waals surface area (Å²) in [7, 11) is -1.42. The molecule has 4 nitrogen and oxygen atoms in total. The van der Waals surface area contributed by atoms with Gasteiger partial charge < -0.3 is 5.32 Å². The molecule has 0 amide bonds. The van der Waals surface area contributed by atoms with Crippen LogP contribution in [-0.2, 0) is 10.0 Å². The molecule has 0 saturated carbocycles. The van der Waals surface area contributed by atoms with Gasteiger partial charge in [0.05, 0.1) is 4.90 Å². The molecule has 1 aliphatic heterocycles. The maximum Gasteiger partial charge on any atom is 0.244 e. The topological polar surface area (TPSA) is 49.4 Å². The van der Waals surface area contributed by atoms with Gasteiger partial charge in [0, 0.05) is 28.9 Å². The van der Waals surface area contributed by atoms with Crippen LogP contribution in [0.3, 0.4) is 0 Å². The lowest BCUT2D eigenvalue weighted by Crippen LogP contribution is -2.46. The Morgan fingerprint density at radius 2 is 2.17 bits per heavy atom. The number of piperidine rings is 1. The predicted octanol–water partition coefficient (Wildman–Crippen LogP) is 1.74. The van der Waals surface area contributed by atoms with E-state index in [0.717, 1.165) is 22.6 Å². The number of nitrogens with zero attached hydrogens (tertiary/aromatic N) is 1. The summed E-state index contributed by atoms with van der Waals surface area (Å²) in [4.78, 5) is 2.43. The molecule has 0 aliphatic carbocycles. The molecule has 18 heavy (non-hydrogen) atoms. The molecule has 1 N–H and O–H groups in total. The van der Waals surface area contributed by atoms with E-state index in [0.29, 0.717) is 18.0 Å². The molecule has 1 aliphatic rings. The number of aryl methyl sites for hydroxylation is 2. The molecule has 1 aromatic rings. The van der Waals surface area contributed by atoms with Crippen LogP contribution in [0.15, 0.2) is 11.0 Å². The molecule has 1 aromatic heterocycles. The van der Waals surface area contributed by atoms with Crippen LogP contribution in [0.5, 0.6) is 0 Å². The van der Waals surface area contributed by atoms with E-state index in [4.69, 9.17) is 0 Å². The van der Waals surface area contributed by atoms with Crippen molar-refractivity contribution in [1.82, 2.24) is 9.62 Å². The Labute approximate surface area is 113 Å². The first-order chi connectivity index (χ1) is 8.45. The Morgan fingerprint density at radius 3 is 2.72 bits per heavy atom. The number of nitrogens with one attached hydrogen (secondary N) is 1. The molecule has 0 radical (unpaired) electrons. The fraction of sp³-hybridized carbons (Fsp3) is 0.667. The van der Waals surface area contributed by atoms with Crippen LogP contribution >= 0.6 is 11.3 Å². The summed E-state index contributed by atoms with van der Waals surface area (Å²) >= 11 is 1.55. The summed E-state index contributed by atoms with van der Waals surface area (Å²) in [6.45, 7) is 5.04. The Balaban J connectivity index is 2.28. The lowest BCUT2D eigenvalue weighted by molar-refractivity contribution is 0.293. The van der Waals surface area contributed by atoms with Crippen molar-refractivity contribution in [2.24, 2.45) is 0 Å². The lowest BCUT2D eigenvalue weighted by Gasteiger charge is -2.31. The maximum absolute atomic E-state index is 12.6. The fourth-order valence-electron chi connectivity index (χ4n) is 2.40. The third-order valence-corrected chi connectivity index (χ3v) is 6.49. The standard InChI is InChI=1S/C12H20N2O2S2/c1-9-7-12(10(2)17-9)18(15,16)14-6-4-5-11(8-14)13-3/h7,11,13H,4-6,8H2,1-3H3/t11-/m1/s1. The van der Waals surface area contributed by atoms with E-state index in [1.807, 2.05) is 20.9 Å². The zero-order chi connectivity index (χ0) is 13.3. The maximum atomic E-state index is 12.6. The van der Waals surface area contributed by atoms with Crippen molar-refractivity contribution in [3.8, 4) is 0 Å². The van der Waals surface area contributed by atoms with Crippen LogP contribution in [0.2, 0.25) is 0 Å². The average Bonchev–Trinajstić information content (AvgIpc) is 2.69. The average molecular weight is 288 g/mol. The molecule has 1 fully saturated rings. The molecule has 2 rings (SSSR count). The van der Waals surface area contributed by atoms with Gasteiger partial charge in [-0.25, -0.2) is 8.42 Å². The molecule has 6 heteroatoms. The van der Waals surface area contributed by atoms with Crippen LogP contribution < -0.4 is 5.32 Å².